The topological polar surface area (TPSA) is 54.0 Å². The quantitative estimate of drug-likeness (QED) is 0.0762. The van der Waals surface area contributed by atoms with Gasteiger partial charge in [-0.25, -0.2) is 4.89 Å². The van der Waals surface area contributed by atoms with E-state index in [2.05, 4.69) is 29.0 Å². The van der Waals surface area contributed by atoms with Crippen LogP contribution in [0.1, 0.15) is 96.8 Å². The van der Waals surface area contributed by atoms with E-state index in [0.29, 0.717) is 0 Å². The lowest BCUT2D eigenvalue weighted by atomic mass is 10.0. The molecule has 0 aromatic rings. The molecule has 0 saturated carbocycles. The minimum absolute atomic E-state index is 0.140. The van der Waals surface area contributed by atoms with Crippen molar-refractivity contribution < 1.29 is 24.0 Å². The number of allylic oxidation sites excluding steroid dienone is 4. The van der Waals surface area contributed by atoms with Crippen molar-refractivity contribution in [3.8, 4) is 0 Å². The van der Waals surface area contributed by atoms with E-state index in [-0.39, 0.29) is 12.4 Å². The molecule has 0 spiro atoms. The third-order valence-corrected chi connectivity index (χ3v) is 5.65. The molecule has 0 amide bonds. The van der Waals surface area contributed by atoms with E-state index in [9.17, 15) is 4.79 Å². The summed E-state index contributed by atoms with van der Waals surface area (Å²) < 4.78 is 10.2. The van der Waals surface area contributed by atoms with Crippen LogP contribution in [0.3, 0.4) is 0 Å². The van der Waals surface area contributed by atoms with E-state index < -0.39 is 11.9 Å². The van der Waals surface area contributed by atoms with Gasteiger partial charge in [-0.3, -0.25) is 4.79 Å². The van der Waals surface area contributed by atoms with Crippen LogP contribution in [0.4, 0.5) is 0 Å². The van der Waals surface area contributed by atoms with Crippen molar-refractivity contribution in [1.82, 2.24) is 0 Å². The lowest BCUT2D eigenvalue weighted by Crippen LogP contribution is -2.38. The van der Waals surface area contributed by atoms with Gasteiger partial charge in [-0.15, -0.1) is 0 Å². The van der Waals surface area contributed by atoms with Crippen molar-refractivity contribution in [2.45, 2.75) is 109 Å². The average Bonchev–Trinajstić information content (AvgIpc) is 2.80. The Morgan fingerprint density at radius 2 is 1.55 bits per heavy atom. The zero-order valence-corrected chi connectivity index (χ0v) is 20.0. The Morgan fingerprint density at radius 3 is 2.06 bits per heavy atom. The van der Waals surface area contributed by atoms with Gasteiger partial charge in [0.2, 0.25) is 5.79 Å². The highest BCUT2D eigenvalue weighted by atomic mass is 17.2. The first kappa shape index (κ1) is 27.6. The highest BCUT2D eigenvalue weighted by Gasteiger charge is 2.34. The molecule has 0 bridgehead atoms. The van der Waals surface area contributed by atoms with Crippen LogP contribution in [0.25, 0.3) is 0 Å². The normalized spacial score (nSPS) is 21.3. The molecule has 178 valence electrons. The minimum Gasteiger partial charge on any atom is -0.469 e. The van der Waals surface area contributed by atoms with Gasteiger partial charge in [-0.2, -0.15) is 4.89 Å². The Morgan fingerprint density at radius 1 is 0.935 bits per heavy atom. The first-order valence-corrected chi connectivity index (χ1v) is 12.1. The largest absolute Gasteiger partial charge is 0.469 e. The molecule has 5 heteroatoms. The zero-order chi connectivity index (χ0) is 22.6. The summed E-state index contributed by atoms with van der Waals surface area (Å²) in [5, 5.41) is 0. The summed E-state index contributed by atoms with van der Waals surface area (Å²) >= 11 is 0. The fourth-order valence-electron chi connectivity index (χ4n) is 3.65. The molecule has 31 heavy (non-hydrogen) atoms. The molecule has 0 fully saturated rings. The fourth-order valence-corrected chi connectivity index (χ4v) is 3.65. The number of ether oxygens (including phenoxy) is 2. The first-order chi connectivity index (χ1) is 15.2. The summed E-state index contributed by atoms with van der Waals surface area (Å²) in [6.07, 6.45) is 28.1. The van der Waals surface area contributed by atoms with Crippen LogP contribution in [0, 0.1) is 0 Å². The SMILES string of the molecule is CC=CC=CCCCCCCCCCCCCC[C@]1(OC)C=CC(CC(=O)OC)OO1. The van der Waals surface area contributed by atoms with Crippen LogP contribution in [0.5, 0.6) is 0 Å². The Labute approximate surface area is 189 Å². The third kappa shape index (κ3) is 13.6. The Hall–Kier alpha value is -1.43. The molecule has 1 aliphatic heterocycles. The van der Waals surface area contributed by atoms with Crippen molar-refractivity contribution in [1.29, 1.82) is 0 Å². The van der Waals surface area contributed by atoms with Gasteiger partial charge in [0.15, 0.2) is 0 Å². The first-order valence-electron chi connectivity index (χ1n) is 12.1. The lowest BCUT2D eigenvalue weighted by Gasteiger charge is -2.32. The Kier molecular flexibility index (Phi) is 16.2. The highest BCUT2D eigenvalue weighted by Crippen LogP contribution is 2.28. The van der Waals surface area contributed by atoms with Crippen LogP contribution >= 0.6 is 0 Å². The number of hydrogen-bond acceptors (Lipinski definition) is 5. The van der Waals surface area contributed by atoms with Gasteiger partial charge in [-0.05, 0) is 32.3 Å². The number of carbonyl (C=O) groups excluding carboxylic acids is 1. The summed E-state index contributed by atoms with van der Waals surface area (Å²) in [6, 6.07) is 0. The summed E-state index contributed by atoms with van der Waals surface area (Å²) in [5.41, 5.74) is 0. The number of esters is 1. The summed E-state index contributed by atoms with van der Waals surface area (Å²) in [6.45, 7) is 2.05. The van der Waals surface area contributed by atoms with Crippen molar-refractivity contribution in [2.75, 3.05) is 14.2 Å². The van der Waals surface area contributed by atoms with Gasteiger partial charge in [0.25, 0.3) is 0 Å². The lowest BCUT2D eigenvalue weighted by molar-refractivity contribution is -0.428. The maximum atomic E-state index is 11.3. The van der Waals surface area contributed by atoms with Crippen molar-refractivity contribution in [2.24, 2.45) is 0 Å². The van der Waals surface area contributed by atoms with Gasteiger partial charge < -0.3 is 9.47 Å². The molecule has 0 aromatic carbocycles. The van der Waals surface area contributed by atoms with E-state index in [1.54, 1.807) is 7.11 Å². The number of unbranched alkanes of at least 4 members (excludes halogenated alkanes) is 11. The molecule has 1 rings (SSSR count). The van der Waals surface area contributed by atoms with E-state index in [0.717, 1.165) is 19.3 Å². The number of rotatable bonds is 18. The zero-order valence-electron chi connectivity index (χ0n) is 20.0. The number of carbonyl (C=O) groups is 1. The molecular formula is C26H44O5. The molecule has 0 N–H and O–H groups in total. The van der Waals surface area contributed by atoms with Gasteiger partial charge in [0.05, 0.1) is 13.5 Å². The molecule has 1 aliphatic rings. The van der Waals surface area contributed by atoms with Crippen molar-refractivity contribution in [3.63, 3.8) is 0 Å². The maximum Gasteiger partial charge on any atom is 0.308 e. The molecule has 2 atom stereocenters. The van der Waals surface area contributed by atoms with Crippen LogP contribution < -0.4 is 0 Å². The van der Waals surface area contributed by atoms with Gasteiger partial charge in [0, 0.05) is 13.5 Å². The predicted octanol–water partition coefficient (Wildman–Crippen LogP) is 6.98. The predicted molar refractivity (Wildman–Crippen MR) is 125 cm³/mol. The second-order valence-corrected chi connectivity index (χ2v) is 8.26. The van der Waals surface area contributed by atoms with Crippen molar-refractivity contribution >= 4 is 5.97 Å². The molecule has 0 aliphatic carbocycles. The Balaban J connectivity index is 1.97. The summed E-state index contributed by atoms with van der Waals surface area (Å²) in [7, 11) is 2.98. The molecule has 1 unspecified atom stereocenters. The number of hydrogen-bond donors (Lipinski definition) is 0. The monoisotopic (exact) mass is 436 g/mol. The molecule has 0 aromatic heterocycles. The second kappa shape index (κ2) is 18.2. The van der Waals surface area contributed by atoms with Gasteiger partial charge >= 0.3 is 5.97 Å². The van der Waals surface area contributed by atoms with Crippen LogP contribution in [-0.2, 0) is 24.0 Å². The minimum atomic E-state index is -0.838. The van der Waals surface area contributed by atoms with Gasteiger partial charge in [0.1, 0.15) is 6.10 Å². The molecule has 5 nitrogen and oxygen atoms in total. The highest BCUT2D eigenvalue weighted by molar-refractivity contribution is 5.70. The van der Waals surface area contributed by atoms with Crippen LogP contribution in [-0.4, -0.2) is 32.1 Å². The van der Waals surface area contributed by atoms with E-state index in [4.69, 9.17) is 14.5 Å². The third-order valence-electron chi connectivity index (χ3n) is 5.65. The summed E-state index contributed by atoms with van der Waals surface area (Å²) in [5.74, 6) is -1.16. The average molecular weight is 437 g/mol. The smallest absolute Gasteiger partial charge is 0.308 e. The molecular weight excluding hydrogens is 392 g/mol. The van der Waals surface area contributed by atoms with E-state index in [1.807, 2.05) is 19.1 Å². The molecule has 1 heterocycles. The second-order valence-electron chi connectivity index (χ2n) is 8.26. The standard InChI is InChI=1S/C26H44O5/c1-4-5-6-7-8-9-10-11-12-13-14-15-16-17-18-19-21-26(29-3)22-20-24(30-31-26)23-25(27)28-2/h4-7,20,22,24H,8-19,21,23H2,1-3H3/t24?,26-/m1/s1. The van der Waals surface area contributed by atoms with Gasteiger partial charge in [-0.1, -0.05) is 88.2 Å². The van der Waals surface area contributed by atoms with E-state index in [1.165, 1.54) is 71.3 Å². The maximum absolute atomic E-state index is 11.3. The number of methoxy groups -OCH3 is 2. The molecule has 0 saturated heterocycles. The van der Waals surface area contributed by atoms with E-state index >= 15 is 0 Å². The van der Waals surface area contributed by atoms with Crippen molar-refractivity contribution in [3.05, 3.63) is 36.5 Å². The Bertz CT molecular complexity index is 540. The fraction of sp³-hybridized carbons (Fsp3) is 0.731. The van der Waals surface area contributed by atoms with Crippen LogP contribution in [0.15, 0.2) is 36.5 Å². The summed E-state index contributed by atoms with van der Waals surface area (Å²) in [4.78, 5) is 22.1. The van der Waals surface area contributed by atoms with Crippen LogP contribution in [0.2, 0.25) is 0 Å². The molecule has 0 radical (unpaired) electrons.